The van der Waals surface area contributed by atoms with E-state index in [1.54, 1.807) is 0 Å². The van der Waals surface area contributed by atoms with Gasteiger partial charge in [0, 0.05) is 5.57 Å². The molecule has 3 heteroatoms. The van der Waals surface area contributed by atoms with E-state index in [4.69, 9.17) is 5.26 Å². The van der Waals surface area contributed by atoms with Crippen molar-refractivity contribution in [3.8, 4) is 6.07 Å². The lowest BCUT2D eigenvalue weighted by Gasteiger charge is -2.28. The fourth-order valence-corrected chi connectivity index (χ4v) is 4.73. The van der Waals surface area contributed by atoms with Crippen molar-refractivity contribution in [2.75, 3.05) is 0 Å². The van der Waals surface area contributed by atoms with Crippen LogP contribution in [0.5, 0.6) is 0 Å². The summed E-state index contributed by atoms with van der Waals surface area (Å²) in [5.41, 5.74) is 0.190. The lowest BCUT2D eigenvalue weighted by molar-refractivity contribution is 0.249. The Labute approximate surface area is 174 Å². The molecule has 1 nitrogen and oxygen atoms in total. The SMILES string of the molecule is CCCCCC1CCC(CCc2ccc(C3=C(F)CC(F)(C#N)C=C3)cc2)CC1. The number of nitriles is 1. The highest BCUT2D eigenvalue weighted by molar-refractivity contribution is 5.77. The summed E-state index contributed by atoms with van der Waals surface area (Å²) < 4.78 is 28.2. The monoisotopic (exact) mass is 397 g/mol. The zero-order valence-corrected chi connectivity index (χ0v) is 17.6. The number of rotatable bonds is 8. The largest absolute Gasteiger partial charge is 0.222 e. The van der Waals surface area contributed by atoms with Crippen LogP contribution >= 0.6 is 0 Å². The molecule has 0 heterocycles. The Morgan fingerprint density at radius 3 is 2.28 bits per heavy atom. The first kappa shape index (κ1) is 21.8. The van der Waals surface area contributed by atoms with Crippen LogP contribution in [-0.4, -0.2) is 5.67 Å². The third-order valence-corrected chi connectivity index (χ3v) is 6.69. The number of benzene rings is 1. The molecule has 29 heavy (non-hydrogen) atoms. The van der Waals surface area contributed by atoms with Gasteiger partial charge >= 0.3 is 0 Å². The second kappa shape index (κ2) is 10.2. The van der Waals surface area contributed by atoms with Gasteiger partial charge in [0.15, 0.2) is 0 Å². The topological polar surface area (TPSA) is 23.8 Å². The molecule has 0 radical (unpaired) electrons. The number of nitrogens with zero attached hydrogens (tertiary/aromatic N) is 1. The van der Waals surface area contributed by atoms with Crippen LogP contribution in [0.2, 0.25) is 0 Å². The number of alkyl halides is 1. The van der Waals surface area contributed by atoms with Crippen molar-refractivity contribution < 1.29 is 8.78 Å². The molecule has 0 amide bonds. The van der Waals surface area contributed by atoms with Crippen LogP contribution in [0.25, 0.3) is 5.57 Å². The fraction of sp³-hybridized carbons (Fsp3) is 0.577. The predicted octanol–water partition coefficient (Wildman–Crippen LogP) is 7.88. The Morgan fingerprint density at radius 2 is 1.69 bits per heavy atom. The first-order chi connectivity index (χ1) is 14.0. The van der Waals surface area contributed by atoms with Gasteiger partial charge < -0.3 is 0 Å². The molecule has 0 N–H and O–H groups in total. The van der Waals surface area contributed by atoms with Crippen LogP contribution in [0.3, 0.4) is 0 Å². The molecule has 156 valence electrons. The molecule has 1 atom stereocenters. The number of aryl methyl sites for hydroxylation is 1. The van der Waals surface area contributed by atoms with Crippen molar-refractivity contribution in [3.05, 3.63) is 53.4 Å². The van der Waals surface area contributed by atoms with Gasteiger partial charge in [0.1, 0.15) is 11.9 Å². The third kappa shape index (κ3) is 6.01. The van der Waals surface area contributed by atoms with Crippen LogP contribution < -0.4 is 0 Å². The van der Waals surface area contributed by atoms with E-state index in [0.717, 1.165) is 29.9 Å². The summed E-state index contributed by atoms with van der Waals surface area (Å²) in [4.78, 5) is 0. The minimum absolute atomic E-state index is 0.390. The normalized spacial score (nSPS) is 27.1. The first-order valence-corrected chi connectivity index (χ1v) is 11.3. The van der Waals surface area contributed by atoms with Gasteiger partial charge in [0.2, 0.25) is 5.67 Å². The van der Waals surface area contributed by atoms with E-state index < -0.39 is 17.9 Å². The van der Waals surface area contributed by atoms with E-state index in [1.165, 1.54) is 75.5 Å². The summed E-state index contributed by atoms with van der Waals surface area (Å²) >= 11 is 0. The summed E-state index contributed by atoms with van der Waals surface area (Å²) in [5, 5.41) is 8.83. The fourth-order valence-electron chi connectivity index (χ4n) is 4.73. The predicted molar refractivity (Wildman–Crippen MR) is 116 cm³/mol. The molecule has 3 rings (SSSR count). The summed E-state index contributed by atoms with van der Waals surface area (Å²) in [6.07, 6.45) is 15.4. The summed E-state index contributed by atoms with van der Waals surface area (Å²) in [5.74, 6) is 1.23. The molecule has 0 saturated heterocycles. The van der Waals surface area contributed by atoms with Gasteiger partial charge in [-0.3, -0.25) is 0 Å². The molecule has 1 saturated carbocycles. The molecule has 0 aliphatic heterocycles. The highest BCUT2D eigenvalue weighted by atomic mass is 19.1. The second-order valence-corrected chi connectivity index (χ2v) is 8.92. The van der Waals surface area contributed by atoms with Gasteiger partial charge in [-0.1, -0.05) is 88.6 Å². The smallest absolute Gasteiger partial charge is 0.220 e. The Hall–Kier alpha value is -1.95. The minimum Gasteiger partial charge on any atom is -0.222 e. The van der Waals surface area contributed by atoms with Crippen molar-refractivity contribution in [2.24, 2.45) is 11.8 Å². The van der Waals surface area contributed by atoms with Gasteiger partial charge in [-0.25, -0.2) is 8.78 Å². The molecular formula is C26H33F2N. The van der Waals surface area contributed by atoms with E-state index >= 15 is 0 Å². The molecule has 0 spiro atoms. The number of allylic oxidation sites excluding steroid dienone is 4. The maximum Gasteiger partial charge on any atom is 0.220 e. The molecule has 2 aliphatic rings. The van der Waals surface area contributed by atoms with E-state index in [1.807, 2.05) is 12.1 Å². The van der Waals surface area contributed by atoms with Crippen molar-refractivity contribution in [2.45, 2.75) is 83.2 Å². The van der Waals surface area contributed by atoms with Crippen LogP contribution in [0.4, 0.5) is 8.78 Å². The molecule has 1 aromatic carbocycles. The van der Waals surface area contributed by atoms with Crippen LogP contribution in [0.1, 0.15) is 82.3 Å². The minimum atomic E-state index is -2.22. The maximum atomic E-state index is 14.3. The van der Waals surface area contributed by atoms with Crippen LogP contribution in [0, 0.1) is 23.2 Å². The zero-order chi connectivity index (χ0) is 20.7. The lowest BCUT2D eigenvalue weighted by atomic mass is 9.77. The standard InChI is InChI=1S/C26H33F2N/c1-2-3-4-5-20-6-8-21(9-7-20)10-11-22-12-14-23(15-13-22)24-16-17-26(28,19-29)18-25(24)27/h12-17,20-21H,2-11,18H2,1H3. The Morgan fingerprint density at radius 1 is 1.03 bits per heavy atom. The van der Waals surface area contributed by atoms with Crippen molar-refractivity contribution in [1.82, 2.24) is 0 Å². The van der Waals surface area contributed by atoms with Gasteiger partial charge in [-0.05, 0) is 41.9 Å². The number of unbranched alkanes of at least 4 members (excludes halogenated alkanes) is 2. The molecule has 1 unspecified atom stereocenters. The van der Waals surface area contributed by atoms with Crippen molar-refractivity contribution in [3.63, 3.8) is 0 Å². The maximum absolute atomic E-state index is 14.3. The van der Waals surface area contributed by atoms with Crippen molar-refractivity contribution >= 4 is 5.57 Å². The molecule has 1 aromatic rings. The zero-order valence-electron chi connectivity index (χ0n) is 17.6. The summed E-state index contributed by atoms with van der Waals surface area (Å²) in [6.45, 7) is 2.27. The van der Waals surface area contributed by atoms with Gasteiger partial charge in [0.25, 0.3) is 0 Å². The Balaban J connectivity index is 1.47. The number of hydrogen-bond donors (Lipinski definition) is 0. The number of hydrogen-bond acceptors (Lipinski definition) is 1. The highest BCUT2D eigenvalue weighted by Gasteiger charge is 2.32. The highest BCUT2D eigenvalue weighted by Crippen LogP contribution is 2.36. The van der Waals surface area contributed by atoms with Gasteiger partial charge in [-0.15, -0.1) is 0 Å². The Kier molecular flexibility index (Phi) is 7.64. The van der Waals surface area contributed by atoms with E-state index in [2.05, 4.69) is 19.1 Å². The average molecular weight is 398 g/mol. The first-order valence-electron chi connectivity index (χ1n) is 11.3. The summed E-state index contributed by atoms with van der Waals surface area (Å²) in [7, 11) is 0. The van der Waals surface area contributed by atoms with Crippen molar-refractivity contribution in [1.29, 1.82) is 5.26 Å². The van der Waals surface area contributed by atoms with Crippen LogP contribution in [-0.2, 0) is 6.42 Å². The molecule has 1 fully saturated rings. The van der Waals surface area contributed by atoms with E-state index in [9.17, 15) is 8.78 Å². The van der Waals surface area contributed by atoms with Gasteiger partial charge in [0.05, 0.1) is 6.42 Å². The molecule has 0 aromatic heterocycles. The quantitative estimate of drug-likeness (QED) is 0.409. The third-order valence-electron chi connectivity index (χ3n) is 6.69. The van der Waals surface area contributed by atoms with E-state index in [0.29, 0.717) is 5.57 Å². The lowest BCUT2D eigenvalue weighted by Crippen LogP contribution is -2.19. The van der Waals surface area contributed by atoms with Gasteiger partial charge in [-0.2, -0.15) is 5.26 Å². The molecular weight excluding hydrogens is 364 g/mol. The van der Waals surface area contributed by atoms with Crippen LogP contribution in [0.15, 0.2) is 42.2 Å². The van der Waals surface area contributed by atoms with E-state index in [-0.39, 0.29) is 0 Å². The second-order valence-electron chi connectivity index (χ2n) is 8.92. The average Bonchev–Trinajstić information content (AvgIpc) is 2.74. The number of halogens is 2. The molecule has 2 aliphatic carbocycles. The molecule has 0 bridgehead atoms. The Bertz CT molecular complexity index is 763. The summed E-state index contributed by atoms with van der Waals surface area (Å²) in [6, 6.07) is 9.47.